The molecule has 0 aliphatic carbocycles. The lowest BCUT2D eigenvalue weighted by atomic mass is 10.1. The molecule has 0 amide bonds. The lowest BCUT2D eigenvalue weighted by Crippen LogP contribution is -2.46. The first-order chi connectivity index (χ1) is 13.3. The molecule has 0 saturated carbocycles. The van der Waals surface area contributed by atoms with Crippen LogP contribution in [-0.4, -0.2) is 15.6 Å². The van der Waals surface area contributed by atoms with Gasteiger partial charge in [0, 0.05) is 13.0 Å². The normalized spacial score (nSPS) is 14.8. The van der Waals surface area contributed by atoms with Gasteiger partial charge in [0.15, 0.2) is 11.4 Å². The largest absolute Gasteiger partial charge is 0.697 e. The molecule has 1 aliphatic heterocycles. The maximum Gasteiger partial charge on any atom is 0.697 e. The standard InChI is InChI=1S/C12H10O.C11H9NO.Al/c13-12-8-6-11(7-9-12)10-4-2-1-3-5-10;1-8-5-6-9-3-2-4-10-11(9)12(8)7-13-10;/h1-9,13H;2-7H,1H3;/q;2*+1/p-1. The van der Waals surface area contributed by atoms with Crippen molar-refractivity contribution in [1.29, 1.82) is 0 Å². The maximum absolute atomic E-state index is 6.19. The predicted octanol–water partition coefficient (Wildman–Crippen LogP) is 4.65. The Balaban J connectivity index is 1.35. The third-order valence-corrected chi connectivity index (χ3v) is 6.01. The second-order valence-corrected chi connectivity index (χ2v) is 7.77. The first-order valence-corrected chi connectivity index (χ1v) is 10.2. The highest BCUT2D eigenvalue weighted by molar-refractivity contribution is 6.28. The van der Waals surface area contributed by atoms with E-state index in [-0.39, 0.29) is 5.09 Å². The first kappa shape index (κ1) is 16.4. The number of hydrogen-bond acceptors (Lipinski definition) is 2. The summed E-state index contributed by atoms with van der Waals surface area (Å²) in [6, 6.07) is 29.1. The molecule has 4 aromatic rings. The van der Waals surface area contributed by atoms with Gasteiger partial charge < -0.3 is 8.53 Å². The smallest absolute Gasteiger partial charge is 0.641 e. The van der Waals surface area contributed by atoms with Crippen molar-refractivity contribution in [3.63, 3.8) is 0 Å². The van der Waals surface area contributed by atoms with Gasteiger partial charge >= 0.3 is 15.6 Å². The van der Waals surface area contributed by atoms with Gasteiger partial charge in [-0.15, -0.1) is 0 Å². The number of rotatable bonds is 4. The molecule has 1 aromatic heterocycles. The summed E-state index contributed by atoms with van der Waals surface area (Å²) >= 11 is -0.399. The van der Waals surface area contributed by atoms with Crippen LogP contribution in [-0.2, 0) is 0 Å². The first-order valence-electron chi connectivity index (χ1n) is 9.06. The summed E-state index contributed by atoms with van der Waals surface area (Å²) in [5.41, 5.74) is 4.76. The lowest BCUT2D eigenvalue weighted by molar-refractivity contribution is -0.703. The van der Waals surface area contributed by atoms with E-state index in [0.29, 0.717) is 0 Å². The van der Waals surface area contributed by atoms with Crippen LogP contribution in [0.15, 0.2) is 84.9 Å². The second-order valence-electron chi connectivity index (χ2n) is 6.69. The van der Waals surface area contributed by atoms with Crippen LogP contribution < -0.4 is 13.1 Å². The summed E-state index contributed by atoms with van der Waals surface area (Å²) in [7, 11) is 0. The van der Waals surface area contributed by atoms with Crippen molar-refractivity contribution in [2.45, 2.75) is 12.0 Å². The number of aromatic nitrogens is 1. The molecule has 0 fully saturated rings. The maximum atomic E-state index is 6.19. The van der Waals surface area contributed by atoms with E-state index in [4.69, 9.17) is 8.53 Å². The van der Waals surface area contributed by atoms with Crippen molar-refractivity contribution in [3.8, 4) is 22.6 Å². The average Bonchev–Trinajstić information content (AvgIpc) is 3.11. The number of para-hydroxylation sites is 1. The molecule has 27 heavy (non-hydrogen) atoms. The average molecular weight is 367 g/mol. The summed E-state index contributed by atoms with van der Waals surface area (Å²) in [5.74, 6) is 1.83. The second kappa shape index (κ2) is 6.74. The molecule has 0 spiro atoms. The summed E-state index contributed by atoms with van der Waals surface area (Å²) in [4.78, 5) is 0. The van der Waals surface area contributed by atoms with E-state index in [9.17, 15) is 0 Å². The molecular weight excluding hydrogens is 349 g/mol. The van der Waals surface area contributed by atoms with E-state index in [2.05, 4.69) is 66.1 Å². The molecular formula is C23H18AlNO2+. The summed E-state index contributed by atoms with van der Waals surface area (Å²) in [6.07, 6.45) is 0. The van der Waals surface area contributed by atoms with E-state index in [1.54, 1.807) is 0 Å². The Kier molecular flexibility index (Phi) is 4.09. The SMILES string of the molecule is Cc1ccc2cccc3c2[n+]1[CH]([Al][O]c1ccc(-c2ccccc2)cc1)O3. The van der Waals surface area contributed by atoms with Crippen LogP contribution in [0.4, 0.5) is 0 Å². The highest BCUT2D eigenvalue weighted by atomic mass is 27.1. The quantitative estimate of drug-likeness (QED) is 0.387. The molecule has 5 rings (SSSR count). The van der Waals surface area contributed by atoms with E-state index >= 15 is 0 Å². The monoisotopic (exact) mass is 367 g/mol. The predicted molar refractivity (Wildman–Crippen MR) is 107 cm³/mol. The van der Waals surface area contributed by atoms with Crippen molar-refractivity contribution in [1.82, 2.24) is 0 Å². The molecule has 0 saturated heterocycles. The molecule has 1 aliphatic rings. The number of nitrogens with zero attached hydrogens (tertiary/aromatic N) is 1. The number of ether oxygens (including phenoxy) is 1. The fraction of sp³-hybridized carbons (Fsp3) is 0.0870. The van der Waals surface area contributed by atoms with Gasteiger partial charge in [0.05, 0.1) is 11.1 Å². The third-order valence-electron chi connectivity index (χ3n) is 4.94. The van der Waals surface area contributed by atoms with Gasteiger partial charge in [-0.05, 0) is 41.5 Å². The molecule has 3 aromatic carbocycles. The summed E-state index contributed by atoms with van der Waals surface area (Å²) in [6.45, 7) is 2.12. The van der Waals surface area contributed by atoms with Gasteiger partial charge in [0.25, 0.3) is 10.6 Å². The van der Waals surface area contributed by atoms with Crippen LogP contribution in [0.25, 0.3) is 22.0 Å². The zero-order valence-corrected chi connectivity index (χ0v) is 16.2. The van der Waals surface area contributed by atoms with Crippen LogP contribution in [0.2, 0.25) is 0 Å². The minimum Gasteiger partial charge on any atom is -0.641 e. The molecule has 1 radical (unpaired) electrons. The fourth-order valence-electron chi connectivity index (χ4n) is 3.59. The molecule has 0 bridgehead atoms. The van der Waals surface area contributed by atoms with Crippen LogP contribution in [0.3, 0.4) is 0 Å². The van der Waals surface area contributed by atoms with Gasteiger partial charge in [0.1, 0.15) is 0 Å². The van der Waals surface area contributed by atoms with Crippen LogP contribution >= 0.6 is 0 Å². The van der Waals surface area contributed by atoms with Gasteiger partial charge in [-0.1, -0.05) is 48.5 Å². The van der Waals surface area contributed by atoms with Crippen molar-refractivity contribution < 1.29 is 13.1 Å². The number of hydrogen-bond donors (Lipinski definition) is 0. The molecule has 1 atom stereocenters. The zero-order valence-electron chi connectivity index (χ0n) is 15.0. The number of pyridine rings is 1. The molecule has 1 unspecified atom stereocenters. The summed E-state index contributed by atoms with van der Waals surface area (Å²) < 4.78 is 14.6. The van der Waals surface area contributed by atoms with E-state index in [1.807, 2.05) is 30.3 Å². The summed E-state index contributed by atoms with van der Waals surface area (Å²) in [5, 5.41) is 1.13. The van der Waals surface area contributed by atoms with E-state index in [1.165, 1.54) is 22.2 Å². The van der Waals surface area contributed by atoms with Crippen LogP contribution in [0, 0.1) is 6.92 Å². The number of benzene rings is 3. The van der Waals surface area contributed by atoms with Crippen molar-refractivity contribution >= 4 is 26.5 Å². The van der Waals surface area contributed by atoms with Gasteiger partial charge in [-0.3, -0.25) is 0 Å². The van der Waals surface area contributed by atoms with Gasteiger partial charge in [-0.2, -0.15) is 4.57 Å². The van der Waals surface area contributed by atoms with Crippen molar-refractivity contribution in [2.75, 3.05) is 0 Å². The Bertz CT molecular complexity index is 1110. The highest BCUT2D eigenvalue weighted by Crippen LogP contribution is 2.31. The Hall–Kier alpha value is -2.80. The number of aryl methyl sites for hydroxylation is 1. The fourth-order valence-corrected chi connectivity index (χ4v) is 4.73. The Morgan fingerprint density at radius 2 is 1.59 bits per heavy atom. The Morgan fingerprint density at radius 3 is 2.41 bits per heavy atom. The lowest BCUT2D eigenvalue weighted by Gasteiger charge is -2.11. The molecule has 4 heteroatoms. The topological polar surface area (TPSA) is 22.3 Å². The molecule has 2 heterocycles. The van der Waals surface area contributed by atoms with E-state index < -0.39 is 15.6 Å². The van der Waals surface area contributed by atoms with Crippen molar-refractivity contribution in [2.24, 2.45) is 0 Å². The zero-order chi connectivity index (χ0) is 18.2. The molecule has 3 nitrogen and oxygen atoms in total. The molecule has 0 N–H and O–H groups in total. The van der Waals surface area contributed by atoms with Crippen LogP contribution in [0.5, 0.6) is 11.5 Å². The van der Waals surface area contributed by atoms with Gasteiger partial charge in [0.2, 0.25) is 0 Å². The van der Waals surface area contributed by atoms with Gasteiger partial charge in [-0.25, -0.2) is 0 Å². The van der Waals surface area contributed by atoms with Crippen LogP contribution in [0.1, 0.15) is 10.8 Å². The Labute approximate surface area is 164 Å². The third kappa shape index (κ3) is 2.98. The Morgan fingerprint density at radius 1 is 0.815 bits per heavy atom. The molecule has 129 valence electrons. The minimum absolute atomic E-state index is 0.0695. The van der Waals surface area contributed by atoms with E-state index in [0.717, 1.165) is 17.0 Å². The minimum atomic E-state index is -0.399. The highest BCUT2D eigenvalue weighted by Gasteiger charge is 2.38. The van der Waals surface area contributed by atoms with Crippen molar-refractivity contribution in [3.05, 3.63) is 90.6 Å².